The van der Waals surface area contributed by atoms with E-state index in [4.69, 9.17) is 5.11 Å². The van der Waals surface area contributed by atoms with E-state index in [0.717, 1.165) is 44.0 Å². The van der Waals surface area contributed by atoms with Gasteiger partial charge in [0.1, 0.15) is 0 Å². The third-order valence-corrected chi connectivity index (χ3v) is 3.62. The molecule has 0 amide bonds. The molecule has 0 radical (unpaired) electrons. The largest absolute Gasteiger partial charge is 0.396 e. The van der Waals surface area contributed by atoms with Crippen molar-refractivity contribution in [1.29, 1.82) is 0 Å². The summed E-state index contributed by atoms with van der Waals surface area (Å²) in [5.41, 5.74) is 1.21. The molecule has 1 aliphatic rings. The number of hydrogen-bond acceptors (Lipinski definition) is 5. The van der Waals surface area contributed by atoms with Gasteiger partial charge >= 0.3 is 0 Å². The van der Waals surface area contributed by atoms with Crippen LogP contribution < -0.4 is 10.2 Å². The van der Waals surface area contributed by atoms with Gasteiger partial charge in [-0.05, 0) is 39.5 Å². The van der Waals surface area contributed by atoms with Crippen LogP contribution in [0.1, 0.15) is 39.2 Å². The molecule has 2 heterocycles. The minimum absolute atomic E-state index is 0.102. The predicted octanol–water partition coefficient (Wildman–Crippen LogP) is 1.57. The van der Waals surface area contributed by atoms with Crippen molar-refractivity contribution in [2.45, 2.75) is 45.7 Å². The molecule has 0 aromatic carbocycles. The van der Waals surface area contributed by atoms with Crippen LogP contribution in [0.5, 0.6) is 0 Å². The number of aliphatic hydroxyl groups excluding tert-OH is 1. The van der Waals surface area contributed by atoms with Gasteiger partial charge < -0.3 is 15.3 Å². The van der Waals surface area contributed by atoms with Gasteiger partial charge in [0.2, 0.25) is 5.95 Å². The highest BCUT2D eigenvalue weighted by Crippen LogP contribution is 2.22. The van der Waals surface area contributed by atoms with Crippen molar-refractivity contribution in [3.8, 4) is 0 Å². The second-order valence-corrected chi connectivity index (χ2v) is 6.61. The van der Waals surface area contributed by atoms with Gasteiger partial charge in [0, 0.05) is 49.7 Å². The molecule has 20 heavy (non-hydrogen) atoms. The van der Waals surface area contributed by atoms with E-state index in [2.05, 4.69) is 41.0 Å². The Morgan fingerprint density at radius 1 is 1.35 bits per heavy atom. The van der Waals surface area contributed by atoms with Crippen molar-refractivity contribution < 1.29 is 5.11 Å². The quantitative estimate of drug-likeness (QED) is 0.856. The van der Waals surface area contributed by atoms with Crippen LogP contribution in [0.3, 0.4) is 0 Å². The fraction of sp³-hybridized carbons (Fsp3) is 0.733. The van der Waals surface area contributed by atoms with Gasteiger partial charge in [-0.15, -0.1) is 0 Å². The standard InChI is InChI=1S/C15H26N4O/c1-15(2,3)18-10-13-8-16-14(17-9-13)19-6-4-12(11-19)5-7-20/h8-9,12,18,20H,4-7,10-11H2,1-3H3. The van der Waals surface area contributed by atoms with Crippen molar-refractivity contribution in [2.24, 2.45) is 5.92 Å². The number of anilines is 1. The lowest BCUT2D eigenvalue weighted by Gasteiger charge is -2.20. The highest BCUT2D eigenvalue weighted by Gasteiger charge is 2.23. The molecule has 1 aromatic heterocycles. The molecule has 1 aliphatic heterocycles. The predicted molar refractivity (Wildman–Crippen MR) is 80.6 cm³/mol. The van der Waals surface area contributed by atoms with Gasteiger partial charge in [-0.1, -0.05) is 0 Å². The molecule has 0 saturated carbocycles. The van der Waals surface area contributed by atoms with E-state index in [1.54, 1.807) is 0 Å². The average Bonchev–Trinajstić information content (AvgIpc) is 2.85. The lowest BCUT2D eigenvalue weighted by Crippen LogP contribution is -2.35. The second-order valence-electron chi connectivity index (χ2n) is 6.61. The van der Waals surface area contributed by atoms with Gasteiger partial charge in [0.25, 0.3) is 0 Å². The first-order valence-electron chi connectivity index (χ1n) is 7.40. The Labute approximate surface area is 121 Å². The fourth-order valence-corrected chi connectivity index (χ4v) is 2.40. The summed E-state index contributed by atoms with van der Waals surface area (Å²) in [7, 11) is 0. The summed E-state index contributed by atoms with van der Waals surface area (Å²) in [5, 5.41) is 12.4. The average molecular weight is 278 g/mol. The van der Waals surface area contributed by atoms with E-state index in [9.17, 15) is 0 Å². The monoisotopic (exact) mass is 278 g/mol. The van der Waals surface area contributed by atoms with Gasteiger partial charge in [-0.3, -0.25) is 0 Å². The Morgan fingerprint density at radius 3 is 2.65 bits per heavy atom. The number of nitrogens with zero attached hydrogens (tertiary/aromatic N) is 3. The molecule has 0 aliphatic carbocycles. The molecule has 0 bridgehead atoms. The molecular weight excluding hydrogens is 252 g/mol. The fourth-order valence-electron chi connectivity index (χ4n) is 2.40. The Morgan fingerprint density at radius 2 is 2.05 bits per heavy atom. The topological polar surface area (TPSA) is 61.3 Å². The number of hydrogen-bond donors (Lipinski definition) is 2. The SMILES string of the molecule is CC(C)(C)NCc1cnc(N2CCC(CCO)C2)nc1. The summed E-state index contributed by atoms with van der Waals surface area (Å²) in [6, 6.07) is 0. The van der Waals surface area contributed by atoms with E-state index >= 15 is 0 Å². The first-order valence-corrected chi connectivity index (χ1v) is 7.40. The molecule has 1 aromatic rings. The summed E-state index contributed by atoms with van der Waals surface area (Å²) in [6.45, 7) is 9.45. The first kappa shape index (κ1) is 15.2. The Hall–Kier alpha value is -1.20. The first-order chi connectivity index (χ1) is 9.48. The van der Waals surface area contributed by atoms with Gasteiger partial charge in [-0.2, -0.15) is 0 Å². The van der Waals surface area contributed by atoms with Crippen LogP contribution >= 0.6 is 0 Å². The second kappa shape index (κ2) is 6.50. The normalized spacial score (nSPS) is 19.6. The summed E-state index contributed by atoms with van der Waals surface area (Å²) >= 11 is 0. The number of rotatable bonds is 5. The van der Waals surface area contributed by atoms with Crippen molar-refractivity contribution in [2.75, 3.05) is 24.6 Å². The Balaban J connectivity index is 1.89. The summed E-state index contributed by atoms with van der Waals surface area (Å²) < 4.78 is 0. The van der Waals surface area contributed by atoms with E-state index in [1.165, 1.54) is 0 Å². The number of aliphatic hydroxyl groups is 1. The molecule has 5 nitrogen and oxygen atoms in total. The zero-order chi connectivity index (χ0) is 14.6. The van der Waals surface area contributed by atoms with Crippen molar-refractivity contribution >= 4 is 5.95 Å². The maximum atomic E-state index is 8.99. The van der Waals surface area contributed by atoms with Crippen LogP contribution in [0.15, 0.2) is 12.4 Å². The van der Waals surface area contributed by atoms with Crippen molar-refractivity contribution in [3.05, 3.63) is 18.0 Å². The highest BCUT2D eigenvalue weighted by atomic mass is 16.3. The Kier molecular flexibility index (Phi) is 4.94. The third kappa shape index (κ3) is 4.42. The highest BCUT2D eigenvalue weighted by molar-refractivity contribution is 5.31. The number of aromatic nitrogens is 2. The molecule has 1 atom stereocenters. The minimum atomic E-state index is 0.102. The van der Waals surface area contributed by atoms with Crippen LogP contribution in [0.4, 0.5) is 5.95 Å². The van der Waals surface area contributed by atoms with Crippen LogP contribution in [0.25, 0.3) is 0 Å². The maximum Gasteiger partial charge on any atom is 0.225 e. The lowest BCUT2D eigenvalue weighted by molar-refractivity contribution is 0.263. The minimum Gasteiger partial charge on any atom is -0.396 e. The molecule has 1 fully saturated rings. The van der Waals surface area contributed by atoms with Gasteiger partial charge in [-0.25, -0.2) is 9.97 Å². The molecule has 1 saturated heterocycles. The zero-order valence-electron chi connectivity index (χ0n) is 12.8. The molecule has 5 heteroatoms. The van der Waals surface area contributed by atoms with E-state index in [0.29, 0.717) is 5.92 Å². The molecule has 112 valence electrons. The molecule has 2 N–H and O–H groups in total. The Bertz CT molecular complexity index is 413. The van der Waals surface area contributed by atoms with Crippen LogP contribution in [0.2, 0.25) is 0 Å². The van der Waals surface area contributed by atoms with Gasteiger partial charge in [0.15, 0.2) is 0 Å². The van der Waals surface area contributed by atoms with Crippen LogP contribution in [-0.2, 0) is 6.54 Å². The third-order valence-electron chi connectivity index (χ3n) is 3.62. The molecular formula is C15H26N4O. The summed E-state index contributed by atoms with van der Waals surface area (Å²) in [5.74, 6) is 1.38. The summed E-state index contributed by atoms with van der Waals surface area (Å²) in [6.07, 6.45) is 5.81. The maximum absolute atomic E-state index is 8.99. The number of nitrogens with one attached hydrogen (secondary N) is 1. The molecule has 0 spiro atoms. The van der Waals surface area contributed by atoms with Gasteiger partial charge in [0.05, 0.1) is 0 Å². The lowest BCUT2D eigenvalue weighted by atomic mass is 10.1. The molecule has 2 rings (SSSR count). The van der Waals surface area contributed by atoms with E-state index in [-0.39, 0.29) is 12.1 Å². The smallest absolute Gasteiger partial charge is 0.225 e. The van der Waals surface area contributed by atoms with E-state index in [1.807, 2.05) is 12.4 Å². The van der Waals surface area contributed by atoms with Crippen LogP contribution in [0, 0.1) is 5.92 Å². The van der Waals surface area contributed by atoms with E-state index < -0.39 is 0 Å². The molecule has 1 unspecified atom stereocenters. The van der Waals surface area contributed by atoms with Crippen molar-refractivity contribution in [1.82, 2.24) is 15.3 Å². The summed E-state index contributed by atoms with van der Waals surface area (Å²) in [4.78, 5) is 11.1. The van der Waals surface area contributed by atoms with Crippen LogP contribution in [-0.4, -0.2) is 40.3 Å². The zero-order valence-corrected chi connectivity index (χ0v) is 12.8. The van der Waals surface area contributed by atoms with Crippen molar-refractivity contribution in [3.63, 3.8) is 0 Å².